The van der Waals surface area contributed by atoms with Crippen LogP contribution in [0.2, 0.25) is 0 Å². The molecule has 0 spiro atoms. The normalized spacial score (nSPS) is 11.4. The van der Waals surface area contributed by atoms with Crippen molar-refractivity contribution in [1.29, 1.82) is 0 Å². The number of sulfonamides is 1. The summed E-state index contributed by atoms with van der Waals surface area (Å²) in [6.45, 7) is 5.04. The van der Waals surface area contributed by atoms with Crippen molar-refractivity contribution < 1.29 is 17.9 Å². The van der Waals surface area contributed by atoms with Crippen LogP contribution in [0.4, 0.5) is 5.82 Å². The van der Waals surface area contributed by atoms with Crippen LogP contribution < -0.4 is 9.62 Å². The van der Waals surface area contributed by atoms with E-state index in [-0.39, 0.29) is 12.6 Å². The molecule has 2 aromatic carbocycles. The summed E-state index contributed by atoms with van der Waals surface area (Å²) in [6.07, 6.45) is 5.88. The molecule has 0 saturated heterocycles. The van der Waals surface area contributed by atoms with Crippen LogP contribution in [0.15, 0.2) is 67.0 Å². The number of carbonyl (C=O) groups is 1. The maximum absolute atomic E-state index is 11.5. The van der Waals surface area contributed by atoms with Crippen LogP contribution in [0.25, 0.3) is 22.4 Å². The van der Waals surface area contributed by atoms with E-state index in [1.54, 1.807) is 12.4 Å². The fourth-order valence-corrected chi connectivity index (χ4v) is 4.19. The minimum atomic E-state index is -3.57. The van der Waals surface area contributed by atoms with Gasteiger partial charge in [-0.05, 0) is 43.9 Å². The lowest BCUT2D eigenvalue weighted by Gasteiger charge is -2.29. The second-order valence-electron chi connectivity index (χ2n) is 8.52. The lowest BCUT2D eigenvalue weighted by molar-refractivity contribution is -0.123. The van der Waals surface area contributed by atoms with Gasteiger partial charge in [-0.25, -0.2) is 13.4 Å². The van der Waals surface area contributed by atoms with E-state index >= 15 is 0 Å². The molecule has 3 aromatic rings. The molecular formula is C26H32N4O4S. The lowest BCUT2D eigenvalue weighted by Crippen LogP contribution is -2.33. The molecular weight excluding hydrogens is 464 g/mol. The molecule has 9 heteroatoms. The van der Waals surface area contributed by atoms with Crippen LogP contribution in [-0.4, -0.2) is 56.3 Å². The van der Waals surface area contributed by atoms with Gasteiger partial charge in [0.15, 0.2) is 5.82 Å². The van der Waals surface area contributed by atoms with Gasteiger partial charge >= 0.3 is 0 Å². The van der Waals surface area contributed by atoms with Crippen molar-refractivity contribution in [3.8, 4) is 22.4 Å². The second-order valence-corrected chi connectivity index (χ2v) is 10.3. The molecule has 0 saturated carbocycles. The second kappa shape index (κ2) is 12.4. The minimum absolute atomic E-state index is 0.198. The fourth-order valence-electron chi connectivity index (χ4n) is 3.72. The number of anilines is 1. The smallest absolute Gasteiger partial charge is 0.259 e. The summed E-state index contributed by atoms with van der Waals surface area (Å²) in [5.41, 5.74) is 4.09. The molecule has 0 aliphatic carbocycles. The van der Waals surface area contributed by atoms with Crippen molar-refractivity contribution in [2.24, 2.45) is 0 Å². The maximum Gasteiger partial charge on any atom is 0.259 e. The standard InChI is InChI=1S/C26H32N4O4S/c1-20(2)30(16-7-8-17-34-19-24(31)29-35(3,32)33)26-25(27-14-15-28-26)23-13-9-12-22(18-23)21-10-5-4-6-11-21/h4-6,9-15,18,20H,7-8,16-17,19H2,1-3H3,(H,29,31). The summed E-state index contributed by atoms with van der Waals surface area (Å²) in [4.78, 5) is 23.1. The third-order valence-electron chi connectivity index (χ3n) is 5.29. The first kappa shape index (κ1) is 26.3. The van der Waals surface area contributed by atoms with Crippen molar-refractivity contribution in [3.63, 3.8) is 0 Å². The van der Waals surface area contributed by atoms with Crippen molar-refractivity contribution in [1.82, 2.24) is 14.7 Å². The van der Waals surface area contributed by atoms with Gasteiger partial charge in [0.25, 0.3) is 5.91 Å². The number of nitrogens with one attached hydrogen (secondary N) is 1. The van der Waals surface area contributed by atoms with Gasteiger partial charge in [0.2, 0.25) is 10.0 Å². The van der Waals surface area contributed by atoms with E-state index < -0.39 is 15.9 Å². The van der Waals surface area contributed by atoms with E-state index in [2.05, 4.69) is 53.0 Å². The Morgan fingerprint density at radius 2 is 1.66 bits per heavy atom. The lowest BCUT2D eigenvalue weighted by atomic mass is 10.0. The van der Waals surface area contributed by atoms with Crippen molar-refractivity contribution in [3.05, 3.63) is 67.0 Å². The highest BCUT2D eigenvalue weighted by molar-refractivity contribution is 7.89. The SMILES string of the molecule is CC(C)N(CCCCOCC(=O)NS(C)(=O)=O)c1nccnc1-c1cccc(-c2ccccc2)c1. The van der Waals surface area contributed by atoms with Gasteiger partial charge in [-0.1, -0.05) is 48.5 Å². The zero-order valence-electron chi connectivity index (χ0n) is 20.3. The Hall–Kier alpha value is -3.30. The average Bonchev–Trinajstić information content (AvgIpc) is 2.83. The molecule has 8 nitrogen and oxygen atoms in total. The maximum atomic E-state index is 11.5. The number of rotatable bonds is 12. The molecule has 1 heterocycles. The molecule has 1 amide bonds. The van der Waals surface area contributed by atoms with Gasteiger partial charge in [-0.2, -0.15) is 0 Å². The van der Waals surface area contributed by atoms with E-state index in [1.165, 1.54) is 0 Å². The number of hydrogen-bond donors (Lipinski definition) is 1. The number of nitrogens with zero attached hydrogens (tertiary/aromatic N) is 3. The number of aromatic nitrogens is 2. The highest BCUT2D eigenvalue weighted by atomic mass is 32.2. The van der Waals surface area contributed by atoms with Crippen LogP contribution in [0.5, 0.6) is 0 Å². The van der Waals surface area contributed by atoms with Gasteiger partial charge in [0.1, 0.15) is 12.3 Å². The van der Waals surface area contributed by atoms with E-state index in [4.69, 9.17) is 4.74 Å². The van der Waals surface area contributed by atoms with Gasteiger partial charge < -0.3 is 9.64 Å². The van der Waals surface area contributed by atoms with Crippen LogP contribution in [0.3, 0.4) is 0 Å². The first-order valence-electron chi connectivity index (χ1n) is 11.6. The van der Waals surface area contributed by atoms with Crippen LogP contribution in [-0.2, 0) is 19.6 Å². The molecule has 1 aromatic heterocycles. The Morgan fingerprint density at radius 3 is 2.37 bits per heavy atom. The molecule has 186 valence electrons. The number of amides is 1. The third kappa shape index (κ3) is 8.15. The third-order valence-corrected chi connectivity index (χ3v) is 5.89. The quantitative estimate of drug-likeness (QED) is 0.380. The number of hydrogen-bond acceptors (Lipinski definition) is 7. The van der Waals surface area contributed by atoms with Crippen molar-refractivity contribution >= 4 is 21.7 Å². The molecule has 0 radical (unpaired) electrons. The summed E-state index contributed by atoms with van der Waals surface area (Å²) < 4.78 is 29.3. The van der Waals surface area contributed by atoms with E-state index in [1.807, 2.05) is 35.1 Å². The first-order valence-corrected chi connectivity index (χ1v) is 13.5. The number of benzene rings is 2. The predicted octanol–water partition coefficient (Wildman–Crippen LogP) is 3.90. The van der Waals surface area contributed by atoms with Crippen LogP contribution in [0, 0.1) is 0 Å². The Balaban J connectivity index is 1.66. The number of carbonyl (C=O) groups excluding carboxylic acids is 1. The van der Waals surface area contributed by atoms with E-state index in [0.717, 1.165) is 47.4 Å². The molecule has 0 atom stereocenters. The molecule has 0 aliphatic rings. The van der Waals surface area contributed by atoms with Gasteiger partial charge in [-0.3, -0.25) is 14.5 Å². The number of ether oxygens (including phenoxy) is 1. The Morgan fingerprint density at radius 1 is 0.971 bits per heavy atom. The highest BCUT2D eigenvalue weighted by Gasteiger charge is 2.18. The van der Waals surface area contributed by atoms with Crippen LogP contribution >= 0.6 is 0 Å². The molecule has 0 aliphatic heterocycles. The fraction of sp³-hybridized carbons (Fsp3) is 0.346. The Bertz CT molecular complexity index is 1220. The zero-order chi connectivity index (χ0) is 25.3. The number of unbranched alkanes of at least 4 members (excludes halogenated alkanes) is 1. The average molecular weight is 497 g/mol. The van der Waals surface area contributed by atoms with E-state index in [0.29, 0.717) is 13.0 Å². The van der Waals surface area contributed by atoms with Gasteiger partial charge in [0.05, 0.1) is 6.26 Å². The Labute approximate surface area is 207 Å². The van der Waals surface area contributed by atoms with Crippen molar-refractivity contribution in [2.75, 3.05) is 30.9 Å². The van der Waals surface area contributed by atoms with Gasteiger partial charge in [-0.15, -0.1) is 0 Å². The Kier molecular flexibility index (Phi) is 9.33. The molecule has 3 rings (SSSR count). The molecule has 0 unspecified atom stereocenters. The highest BCUT2D eigenvalue weighted by Crippen LogP contribution is 2.31. The van der Waals surface area contributed by atoms with Crippen LogP contribution in [0.1, 0.15) is 26.7 Å². The largest absolute Gasteiger partial charge is 0.372 e. The minimum Gasteiger partial charge on any atom is -0.372 e. The summed E-state index contributed by atoms with van der Waals surface area (Å²) in [5, 5.41) is 0. The molecule has 0 fully saturated rings. The molecule has 1 N–H and O–H groups in total. The molecule has 0 bridgehead atoms. The van der Waals surface area contributed by atoms with E-state index in [9.17, 15) is 13.2 Å². The topological polar surface area (TPSA) is 101 Å². The van der Waals surface area contributed by atoms with Crippen molar-refractivity contribution in [2.45, 2.75) is 32.7 Å². The summed E-state index contributed by atoms with van der Waals surface area (Å²) in [5.74, 6) is 0.152. The summed E-state index contributed by atoms with van der Waals surface area (Å²) in [7, 11) is -3.57. The first-order chi connectivity index (χ1) is 16.7. The summed E-state index contributed by atoms with van der Waals surface area (Å²) in [6, 6.07) is 18.7. The summed E-state index contributed by atoms with van der Waals surface area (Å²) >= 11 is 0. The zero-order valence-corrected chi connectivity index (χ0v) is 21.2. The monoisotopic (exact) mass is 496 g/mol. The van der Waals surface area contributed by atoms with Gasteiger partial charge in [0, 0.05) is 37.2 Å². The molecule has 35 heavy (non-hydrogen) atoms. The predicted molar refractivity (Wildman–Crippen MR) is 138 cm³/mol.